The fraction of sp³-hybridized carbons (Fsp3) is 0.0909. The van der Waals surface area contributed by atoms with Gasteiger partial charge in [0.15, 0.2) is 5.11 Å². The molecule has 4 rings (SSSR count). The predicted molar refractivity (Wildman–Crippen MR) is 120 cm³/mol. The molecule has 0 spiro atoms. The number of nitrogens with zero attached hydrogens (tertiary/aromatic N) is 3. The number of amides is 1. The van der Waals surface area contributed by atoms with Crippen LogP contribution in [0.3, 0.4) is 0 Å². The molecule has 0 atom stereocenters. The molecule has 9 heteroatoms. The molecule has 0 aliphatic heterocycles. The number of aromatic nitrogens is 3. The molecule has 3 aromatic carbocycles. The van der Waals surface area contributed by atoms with Crippen LogP contribution in [-0.4, -0.2) is 33.1 Å². The van der Waals surface area contributed by atoms with Crippen LogP contribution in [0.5, 0.6) is 5.75 Å². The maximum absolute atomic E-state index is 13.1. The lowest BCUT2D eigenvalue weighted by Crippen LogP contribution is -2.34. The molecule has 0 saturated carbocycles. The summed E-state index contributed by atoms with van der Waals surface area (Å²) in [4.78, 5) is 14.0. The molecule has 0 radical (unpaired) electrons. The van der Waals surface area contributed by atoms with Gasteiger partial charge in [-0.05, 0) is 73.2 Å². The largest absolute Gasteiger partial charge is 0.496 e. The highest BCUT2D eigenvalue weighted by Gasteiger charge is 2.15. The maximum atomic E-state index is 13.1. The molecular formula is C22H18FN5O2S. The zero-order valence-corrected chi connectivity index (χ0v) is 17.5. The summed E-state index contributed by atoms with van der Waals surface area (Å²) in [6.45, 7) is 1.86. The topological polar surface area (TPSA) is 81.1 Å². The normalized spacial score (nSPS) is 10.7. The molecule has 0 fully saturated rings. The quantitative estimate of drug-likeness (QED) is 0.472. The van der Waals surface area contributed by atoms with Gasteiger partial charge in [0, 0.05) is 5.69 Å². The summed E-state index contributed by atoms with van der Waals surface area (Å²) in [7, 11) is 1.52. The second-order valence-corrected chi connectivity index (χ2v) is 7.14. The van der Waals surface area contributed by atoms with Crippen LogP contribution in [0.4, 0.5) is 10.1 Å². The molecule has 2 N–H and O–H groups in total. The summed E-state index contributed by atoms with van der Waals surface area (Å²) < 4.78 is 18.5. The van der Waals surface area contributed by atoms with Crippen LogP contribution in [0.15, 0.2) is 60.7 Å². The molecule has 1 amide bonds. The van der Waals surface area contributed by atoms with Crippen molar-refractivity contribution in [3.05, 3.63) is 77.6 Å². The van der Waals surface area contributed by atoms with Crippen molar-refractivity contribution in [2.45, 2.75) is 6.92 Å². The molecule has 31 heavy (non-hydrogen) atoms. The Hall–Kier alpha value is -3.85. The summed E-state index contributed by atoms with van der Waals surface area (Å²) in [6, 6.07) is 16.5. The number of anilines is 1. The number of aryl methyl sites for hydroxylation is 1. The number of nitrogens with one attached hydrogen (secondary N) is 2. The molecule has 0 aliphatic rings. The minimum absolute atomic E-state index is 0.138. The number of methoxy groups -OCH3 is 1. The number of carbonyl (C=O) groups is 1. The van der Waals surface area contributed by atoms with Gasteiger partial charge >= 0.3 is 0 Å². The molecule has 0 unspecified atom stereocenters. The number of ether oxygens (including phenoxy) is 1. The average molecular weight is 435 g/mol. The number of fused-ring (bicyclic) bond motifs is 1. The van der Waals surface area contributed by atoms with Crippen molar-refractivity contribution in [2.24, 2.45) is 0 Å². The van der Waals surface area contributed by atoms with Crippen LogP contribution in [0.2, 0.25) is 0 Å². The molecule has 1 aromatic heterocycles. The third-order valence-corrected chi connectivity index (χ3v) is 4.79. The number of hydrogen-bond acceptors (Lipinski definition) is 5. The van der Waals surface area contributed by atoms with Crippen molar-refractivity contribution in [2.75, 3.05) is 12.4 Å². The van der Waals surface area contributed by atoms with Gasteiger partial charge in [-0.3, -0.25) is 10.1 Å². The van der Waals surface area contributed by atoms with Crippen molar-refractivity contribution < 1.29 is 13.9 Å². The van der Waals surface area contributed by atoms with Crippen LogP contribution >= 0.6 is 12.2 Å². The Morgan fingerprint density at radius 2 is 1.81 bits per heavy atom. The summed E-state index contributed by atoms with van der Waals surface area (Å²) in [5.74, 6) is -0.200. The standard InChI is InChI=1S/C22H18FN5O2S/c1-13-4-3-5-17(20(13)30-2)21(29)25-22(31)24-15-8-11-18-19(12-15)27-28(26-18)16-9-6-14(23)7-10-16/h3-12H,1-2H3,(H2,24,25,29,31). The van der Waals surface area contributed by atoms with E-state index in [1.807, 2.05) is 13.0 Å². The second kappa shape index (κ2) is 8.49. The lowest BCUT2D eigenvalue weighted by atomic mass is 10.1. The van der Waals surface area contributed by atoms with Crippen LogP contribution < -0.4 is 15.4 Å². The van der Waals surface area contributed by atoms with Crippen molar-refractivity contribution >= 4 is 40.0 Å². The molecule has 0 saturated heterocycles. The second-order valence-electron chi connectivity index (χ2n) is 6.73. The van der Waals surface area contributed by atoms with E-state index in [1.54, 1.807) is 42.5 Å². The zero-order valence-electron chi connectivity index (χ0n) is 16.7. The van der Waals surface area contributed by atoms with Gasteiger partial charge in [-0.1, -0.05) is 12.1 Å². The van der Waals surface area contributed by atoms with Gasteiger partial charge in [-0.2, -0.15) is 4.80 Å². The molecule has 0 aliphatic carbocycles. The van der Waals surface area contributed by atoms with E-state index in [-0.39, 0.29) is 16.8 Å². The van der Waals surface area contributed by atoms with Gasteiger partial charge in [0.25, 0.3) is 5.91 Å². The van der Waals surface area contributed by atoms with Gasteiger partial charge in [0.2, 0.25) is 0 Å². The third-order valence-electron chi connectivity index (χ3n) is 4.58. The first-order valence-corrected chi connectivity index (χ1v) is 9.74. The number of rotatable bonds is 4. The van der Waals surface area contributed by atoms with E-state index in [9.17, 15) is 9.18 Å². The van der Waals surface area contributed by atoms with Gasteiger partial charge in [0.05, 0.1) is 18.4 Å². The van der Waals surface area contributed by atoms with E-state index in [1.165, 1.54) is 24.0 Å². The molecule has 1 heterocycles. The van der Waals surface area contributed by atoms with Gasteiger partial charge < -0.3 is 10.1 Å². The van der Waals surface area contributed by atoms with Crippen molar-refractivity contribution in [1.82, 2.24) is 20.3 Å². The van der Waals surface area contributed by atoms with Crippen molar-refractivity contribution in [3.8, 4) is 11.4 Å². The number of thiocarbonyl (C=S) groups is 1. The molecule has 156 valence electrons. The van der Waals surface area contributed by atoms with Crippen molar-refractivity contribution in [3.63, 3.8) is 0 Å². The fourth-order valence-corrected chi connectivity index (χ4v) is 3.33. The van der Waals surface area contributed by atoms with E-state index in [2.05, 4.69) is 20.8 Å². The number of halogens is 1. The van der Waals surface area contributed by atoms with E-state index in [0.717, 1.165) is 5.56 Å². The highest BCUT2D eigenvalue weighted by molar-refractivity contribution is 7.80. The molecule has 4 aromatic rings. The third kappa shape index (κ3) is 4.36. The Bertz CT molecular complexity index is 1290. The first-order valence-electron chi connectivity index (χ1n) is 9.33. The molecular weight excluding hydrogens is 417 g/mol. The number of para-hydroxylation sites is 1. The molecule has 0 bridgehead atoms. The number of benzene rings is 3. The Balaban J connectivity index is 1.49. The maximum Gasteiger partial charge on any atom is 0.261 e. The lowest BCUT2D eigenvalue weighted by molar-refractivity contribution is 0.0974. The van der Waals surface area contributed by atoms with Crippen LogP contribution in [0.25, 0.3) is 16.7 Å². The van der Waals surface area contributed by atoms with Gasteiger partial charge in [-0.15, -0.1) is 10.2 Å². The van der Waals surface area contributed by atoms with E-state index < -0.39 is 0 Å². The summed E-state index contributed by atoms with van der Waals surface area (Å²) in [5, 5.41) is 14.6. The predicted octanol–water partition coefficient (Wildman–Crippen LogP) is 4.00. The molecule has 7 nitrogen and oxygen atoms in total. The van der Waals surface area contributed by atoms with Gasteiger partial charge in [-0.25, -0.2) is 4.39 Å². The highest BCUT2D eigenvalue weighted by Crippen LogP contribution is 2.23. The Morgan fingerprint density at radius 3 is 2.55 bits per heavy atom. The van der Waals surface area contributed by atoms with E-state index in [0.29, 0.717) is 33.7 Å². The van der Waals surface area contributed by atoms with Crippen LogP contribution in [0.1, 0.15) is 15.9 Å². The zero-order chi connectivity index (χ0) is 22.0. The monoisotopic (exact) mass is 435 g/mol. The highest BCUT2D eigenvalue weighted by atomic mass is 32.1. The first-order chi connectivity index (χ1) is 14.9. The van der Waals surface area contributed by atoms with Gasteiger partial charge in [0.1, 0.15) is 22.6 Å². The summed E-state index contributed by atoms with van der Waals surface area (Å²) in [6.07, 6.45) is 0. The minimum Gasteiger partial charge on any atom is -0.496 e. The summed E-state index contributed by atoms with van der Waals surface area (Å²) >= 11 is 5.28. The first kappa shape index (κ1) is 20.4. The average Bonchev–Trinajstić information content (AvgIpc) is 3.17. The van der Waals surface area contributed by atoms with Crippen LogP contribution in [0, 0.1) is 12.7 Å². The van der Waals surface area contributed by atoms with Crippen molar-refractivity contribution in [1.29, 1.82) is 0 Å². The smallest absolute Gasteiger partial charge is 0.261 e. The minimum atomic E-state index is -0.374. The Kier molecular flexibility index (Phi) is 5.59. The van der Waals surface area contributed by atoms with E-state index in [4.69, 9.17) is 17.0 Å². The Morgan fingerprint density at radius 1 is 1.06 bits per heavy atom. The van der Waals surface area contributed by atoms with E-state index >= 15 is 0 Å². The lowest BCUT2D eigenvalue weighted by Gasteiger charge is -2.13. The number of hydrogen-bond donors (Lipinski definition) is 2. The SMILES string of the molecule is COc1c(C)cccc1C(=O)NC(=S)Nc1ccc2nn(-c3ccc(F)cc3)nc2c1. The Labute approximate surface area is 182 Å². The summed E-state index contributed by atoms with van der Waals surface area (Å²) in [5.41, 5.74) is 3.80. The van der Waals surface area contributed by atoms with Crippen LogP contribution in [-0.2, 0) is 0 Å². The number of carbonyl (C=O) groups excluding carboxylic acids is 1. The fourth-order valence-electron chi connectivity index (χ4n) is 3.12.